The average Bonchev–Trinajstić information content (AvgIpc) is 2.50. The van der Waals surface area contributed by atoms with Crippen LogP contribution in [-0.2, 0) is 4.74 Å². The van der Waals surface area contributed by atoms with Crippen molar-refractivity contribution in [1.29, 1.82) is 0 Å². The minimum absolute atomic E-state index is 0.0935. The summed E-state index contributed by atoms with van der Waals surface area (Å²) in [5.74, 6) is -1.89. The fraction of sp³-hybridized carbons (Fsp3) is 0.231. The van der Waals surface area contributed by atoms with E-state index in [4.69, 9.17) is 14.6 Å². The van der Waals surface area contributed by atoms with E-state index in [1.165, 1.54) is 19.5 Å². The Bertz CT molecular complexity index is 701. The SMILES string of the molecule is COCCOc1c(Nc2ncccn2)cc(C(=O)O)oc1=O. The van der Waals surface area contributed by atoms with Gasteiger partial charge in [-0.15, -0.1) is 0 Å². The number of carbonyl (C=O) groups is 1. The lowest BCUT2D eigenvalue weighted by Gasteiger charge is -2.11. The van der Waals surface area contributed by atoms with Crippen LogP contribution < -0.4 is 15.7 Å². The van der Waals surface area contributed by atoms with E-state index in [0.717, 1.165) is 6.07 Å². The Balaban J connectivity index is 2.37. The molecule has 2 rings (SSSR count). The summed E-state index contributed by atoms with van der Waals surface area (Å²) in [6.07, 6.45) is 2.98. The van der Waals surface area contributed by atoms with Crippen molar-refractivity contribution >= 4 is 17.6 Å². The van der Waals surface area contributed by atoms with Crippen LogP contribution in [-0.4, -0.2) is 41.4 Å². The van der Waals surface area contributed by atoms with E-state index in [2.05, 4.69) is 19.7 Å². The zero-order valence-electron chi connectivity index (χ0n) is 11.6. The minimum atomic E-state index is -1.38. The van der Waals surface area contributed by atoms with Gasteiger partial charge in [-0.2, -0.15) is 0 Å². The Morgan fingerprint density at radius 2 is 2.09 bits per heavy atom. The summed E-state index contributed by atoms with van der Waals surface area (Å²) in [7, 11) is 1.48. The molecule has 2 heterocycles. The topological polar surface area (TPSA) is 124 Å². The molecular weight excluding hydrogens is 294 g/mol. The van der Waals surface area contributed by atoms with E-state index in [0.29, 0.717) is 0 Å². The fourth-order valence-electron chi connectivity index (χ4n) is 1.53. The van der Waals surface area contributed by atoms with E-state index >= 15 is 0 Å². The summed E-state index contributed by atoms with van der Waals surface area (Å²) < 4.78 is 14.8. The summed E-state index contributed by atoms with van der Waals surface area (Å²) >= 11 is 0. The quantitative estimate of drug-likeness (QED) is 0.717. The van der Waals surface area contributed by atoms with Crippen LogP contribution in [0.3, 0.4) is 0 Å². The normalized spacial score (nSPS) is 10.2. The maximum Gasteiger partial charge on any atom is 0.381 e. The molecule has 0 atom stereocenters. The summed E-state index contributed by atoms with van der Waals surface area (Å²) in [5.41, 5.74) is -0.828. The molecule has 0 spiro atoms. The molecule has 0 aliphatic carbocycles. The molecule has 2 N–H and O–H groups in total. The Hall–Kier alpha value is -2.94. The van der Waals surface area contributed by atoms with Crippen LogP contribution in [0.1, 0.15) is 10.6 Å². The molecule has 0 unspecified atom stereocenters. The Kier molecular flexibility index (Phi) is 5.04. The van der Waals surface area contributed by atoms with Gasteiger partial charge < -0.3 is 24.3 Å². The van der Waals surface area contributed by atoms with Crippen LogP contribution in [0.4, 0.5) is 11.6 Å². The highest BCUT2D eigenvalue weighted by Gasteiger charge is 2.18. The van der Waals surface area contributed by atoms with Crippen molar-refractivity contribution in [1.82, 2.24) is 9.97 Å². The standard InChI is InChI=1S/C13H13N3O6/c1-20-5-6-21-10-8(16-13-14-3-2-4-15-13)7-9(11(17)18)22-12(10)19/h2-4,7H,5-6H2,1H3,(H,17,18)(H,14,15,16). The van der Waals surface area contributed by atoms with Crippen molar-refractivity contribution in [3.63, 3.8) is 0 Å². The number of rotatable bonds is 7. The van der Waals surface area contributed by atoms with Crippen molar-refractivity contribution in [2.45, 2.75) is 0 Å². The number of nitrogens with zero attached hydrogens (tertiary/aromatic N) is 2. The number of carboxylic acids is 1. The van der Waals surface area contributed by atoms with E-state index in [9.17, 15) is 9.59 Å². The molecular formula is C13H13N3O6. The minimum Gasteiger partial charge on any atom is -0.483 e. The van der Waals surface area contributed by atoms with E-state index < -0.39 is 17.4 Å². The molecule has 0 fully saturated rings. The molecule has 116 valence electrons. The third-order valence-electron chi connectivity index (χ3n) is 2.46. The van der Waals surface area contributed by atoms with Crippen LogP contribution in [0.25, 0.3) is 0 Å². The predicted molar refractivity (Wildman–Crippen MR) is 74.6 cm³/mol. The van der Waals surface area contributed by atoms with E-state index in [1.54, 1.807) is 6.07 Å². The lowest BCUT2D eigenvalue weighted by atomic mass is 10.3. The maximum atomic E-state index is 11.9. The summed E-state index contributed by atoms with van der Waals surface area (Å²) in [6.45, 7) is 0.347. The summed E-state index contributed by atoms with van der Waals surface area (Å²) in [6, 6.07) is 2.74. The molecule has 2 aromatic heterocycles. The van der Waals surface area contributed by atoms with Gasteiger partial charge in [-0.25, -0.2) is 19.6 Å². The third-order valence-corrected chi connectivity index (χ3v) is 2.46. The number of nitrogens with one attached hydrogen (secondary N) is 1. The molecule has 0 bridgehead atoms. The summed E-state index contributed by atoms with van der Waals surface area (Å²) in [4.78, 5) is 30.7. The fourth-order valence-corrected chi connectivity index (χ4v) is 1.53. The Labute approximate surface area is 124 Å². The van der Waals surface area contributed by atoms with Gasteiger partial charge in [-0.1, -0.05) is 0 Å². The van der Waals surface area contributed by atoms with Crippen LogP contribution in [0.2, 0.25) is 0 Å². The molecule has 22 heavy (non-hydrogen) atoms. The molecule has 0 aliphatic heterocycles. The van der Waals surface area contributed by atoms with Crippen molar-refractivity contribution < 1.29 is 23.8 Å². The first-order chi connectivity index (χ1) is 10.6. The number of aromatic carboxylic acids is 1. The lowest BCUT2D eigenvalue weighted by molar-refractivity contribution is 0.0655. The van der Waals surface area contributed by atoms with Gasteiger partial charge in [-0.3, -0.25) is 0 Å². The number of methoxy groups -OCH3 is 1. The third kappa shape index (κ3) is 3.79. The largest absolute Gasteiger partial charge is 0.483 e. The second-order valence-electron chi connectivity index (χ2n) is 3.98. The van der Waals surface area contributed by atoms with Crippen molar-refractivity contribution in [3.8, 4) is 5.75 Å². The van der Waals surface area contributed by atoms with Gasteiger partial charge in [0.1, 0.15) is 6.61 Å². The predicted octanol–water partition coefficient (Wildman–Crippen LogP) is 0.897. The number of anilines is 2. The van der Waals surface area contributed by atoms with Crippen molar-refractivity contribution in [3.05, 3.63) is 40.7 Å². The van der Waals surface area contributed by atoms with Gasteiger partial charge >= 0.3 is 11.6 Å². The molecule has 0 radical (unpaired) electrons. The van der Waals surface area contributed by atoms with Crippen LogP contribution >= 0.6 is 0 Å². The van der Waals surface area contributed by atoms with Crippen LogP contribution in [0.5, 0.6) is 5.75 Å². The molecule has 0 aliphatic rings. The first kappa shape index (κ1) is 15.4. The molecule has 2 aromatic rings. The Morgan fingerprint density at radius 1 is 1.36 bits per heavy atom. The number of aromatic nitrogens is 2. The molecule has 0 aromatic carbocycles. The zero-order chi connectivity index (χ0) is 15.9. The van der Waals surface area contributed by atoms with Gasteiger partial charge in [-0.05, 0) is 6.07 Å². The van der Waals surface area contributed by atoms with Gasteiger partial charge in [0.15, 0.2) is 0 Å². The molecule has 0 amide bonds. The van der Waals surface area contributed by atoms with E-state index in [-0.39, 0.29) is 30.6 Å². The second kappa shape index (κ2) is 7.18. The number of hydrogen-bond donors (Lipinski definition) is 2. The van der Waals surface area contributed by atoms with Crippen molar-refractivity contribution in [2.75, 3.05) is 25.6 Å². The average molecular weight is 307 g/mol. The second-order valence-corrected chi connectivity index (χ2v) is 3.98. The molecule has 0 saturated heterocycles. The highest BCUT2D eigenvalue weighted by molar-refractivity contribution is 5.86. The van der Waals surface area contributed by atoms with Gasteiger partial charge in [0.05, 0.1) is 12.3 Å². The monoisotopic (exact) mass is 307 g/mol. The van der Waals surface area contributed by atoms with Gasteiger partial charge in [0, 0.05) is 25.6 Å². The van der Waals surface area contributed by atoms with Gasteiger partial charge in [0.25, 0.3) is 0 Å². The number of carboxylic acid groups (broad SMARTS) is 1. The zero-order valence-corrected chi connectivity index (χ0v) is 11.6. The summed E-state index contributed by atoms with van der Waals surface area (Å²) in [5, 5.41) is 11.7. The van der Waals surface area contributed by atoms with Gasteiger partial charge in [0.2, 0.25) is 17.5 Å². The molecule has 0 saturated carbocycles. The maximum absolute atomic E-state index is 11.9. The molecule has 9 nitrogen and oxygen atoms in total. The van der Waals surface area contributed by atoms with E-state index in [1.807, 2.05) is 0 Å². The van der Waals surface area contributed by atoms with Crippen LogP contribution in [0.15, 0.2) is 33.7 Å². The number of ether oxygens (including phenoxy) is 2. The molecule has 9 heteroatoms. The number of hydrogen-bond acceptors (Lipinski definition) is 8. The van der Waals surface area contributed by atoms with Crippen LogP contribution in [0, 0.1) is 0 Å². The first-order valence-electron chi connectivity index (χ1n) is 6.19. The van der Waals surface area contributed by atoms with Crippen molar-refractivity contribution in [2.24, 2.45) is 0 Å². The lowest BCUT2D eigenvalue weighted by Crippen LogP contribution is -2.16. The first-order valence-corrected chi connectivity index (χ1v) is 6.19. The highest BCUT2D eigenvalue weighted by atomic mass is 16.5. The Morgan fingerprint density at radius 3 is 2.73 bits per heavy atom. The highest BCUT2D eigenvalue weighted by Crippen LogP contribution is 2.24. The smallest absolute Gasteiger partial charge is 0.381 e.